The van der Waals surface area contributed by atoms with Crippen molar-refractivity contribution in [3.63, 3.8) is 0 Å². The minimum absolute atomic E-state index is 0.0949. The van der Waals surface area contributed by atoms with Gasteiger partial charge in [0.05, 0.1) is 18.4 Å². The van der Waals surface area contributed by atoms with Crippen LogP contribution < -0.4 is 10.6 Å². The molecule has 0 atom stereocenters. The van der Waals surface area contributed by atoms with Crippen molar-refractivity contribution >= 4 is 22.4 Å². The van der Waals surface area contributed by atoms with E-state index in [0.29, 0.717) is 17.5 Å². The van der Waals surface area contributed by atoms with Crippen LogP contribution in [0.5, 0.6) is 0 Å². The lowest BCUT2D eigenvalue weighted by Gasteiger charge is -2.03. The zero-order valence-electron chi connectivity index (χ0n) is 10.6. The van der Waals surface area contributed by atoms with E-state index < -0.39 is 0 Å². The predicted molar refractivity (Wildman–Crippen MR) is 73.1 cm³/mol. The van der Waals surface area contributed by atoms with Crippen LogP contribution in [-0.2, 0) is 13.6 Å². The Morgan fingerprint density at radius 1 is 1.58 bits per heavy atom. The normalized spacial score (nSPS) is 14.4. The van der Waals surface area contributed by atoms with E-state index in [2.05, 4.69) is 20.7 Å². The number of aromatic nitrogens is 3. The average molecular weight is 277 g/mol. The molecule has 1 fully saturated rings. The van der Waals surface area contributed by atoms with Crippen LogP contribution in [0.15, 0.2) is 18.5 Å². The van der Waals surface area contributed by atoms with Crippen LogP contribution in [0.25, 0.3) is 0 Å². The number of rotatable bonds is 5. The van der Waals surface area contributed by atoms with E-state index in [1.54, 1.807) is 17.1 Å². The van der Waals surface area contributed by atoms with Gasteiger partial charge in [-0.15, -0.1) is 0 Å². The second kappa shape index (κ2) is 5.00. The van der Waals surface area contributed by atoms with Gasteiger partial charge in [0.25, 0.3) is 5.91 Å². The summed E-state index contributed by atoms with van der Waals surface area (Å²) in [5.41, 5.74) is 0.967. The van der Waals surface area contributed by atoms with Crippen LogP contribution in [0, 0.1) is 0 Å². The van der Waals surface area contributed by atoms with Gasteiger partial charge in [-0.3, -0.25) is 9.48 Å². The van der Waals surface area contributed by atoms with Gasteiger partial charge in [0.2, 0.25) is 0 Å². The first-order valence-corrected chi connectivity index (χ1v) is 7.01. The summed E-state index contributed by atoms with van der Waals surface area (Å²) in [6.07, 6.45) is 5.73. The monoisotopic (exact) mass is 277 g/mol. The number of nitrogens with one attached hydrogen (secondary N) is 2. The first-order valence-electron chi connectivity index (χ1n) is 6.20. The standard InChI is InChI=1S/C12H15N5OS/c1-17-9(4-5-15-17)6-13-11(18)10-7-14-12(19-10)16-8-2-3-8/h4-5,7-8H,2-3,6H2,1H3,(H,13,18)(H,14,16). The molecule has 0 radical (unpaired) electrons. The summed E-state index contributed by atoms with van der Waals surface area (Å²) in [6.45, 7) is 0.471. The lowest BCUT2D eigenvalue weighted by molar-refractivity contribution is 0.0954. The molecule has 0 bridgehead atoms. The molecule has 2 aromatic heterocycles. The van der Waals surface area contributed by atoms with Crippen LogP contribution >= 0.6 is 11.3 Å². The first kappa shape index (κ1) is 12.2. The fraction of sp³-hybridized carbons (Fsp3) is 0.417. The highest BCUT2D eigenvalue weighted by molar-refractivity contribution is 7.17. The number of aryl methyl sites for hydroxylation is 1. The molecule has 100 valence electrons. The maximum Gasteiger partial charge on any atom is 0.263 e. The first-order chi connectivity index (χ1) is 9.22. The van der Waals surface area contributed by atoms with Gasteiger partial charge in [0.15, 0.2) is 5.13 Å². The Morgan fingerprint density at radius 3 is 3.11 bits per heavy atom. The smallest absolute Gasteiger partial charge is 0.263 e. The molecule has 3 rings (SSSR count). The Labute approximate surface area is 114 Å². The van der Waals surface area contributed by atoms with Crippen molar-refractivity contribution in [1.82, 2.24) is 20.1 Å². The topological polar surface area (TPSA) is 71.8 Å². The molecule has 0 aliphatic heterocycles. The highest BCUT2D eigenvalue weighted by Crippen LogP contribution is 2.27. The molecule has 19 heavy (non-hydrogen) atoms. The predicted octanol–water partition coefficient (Wildman–Crippen LogP) is 1.38. The number of carbonyl (C=O) groups excluding carboxylic acids is 1. The Hall–Kier alpha value is -1.89. The van der Waals surface area contributed by atoms with Gasteiger partial charge in [0.1, 0.15) is 4.88 Å². The van der Waals surface area contributed by atoms with E-state index in [9.17, 15) is 4.79 Å². The van der Waals surface area contributed by atoms with E-state index in [1.165, 1.54) is 24.2 Å². The Bertz CT molecular complexity index is 586. The quantitative estimate of drug-likeness (QED) is 0.866. The highest BCUT2D eigenvalue weighted by atomic mass is 32.1. The molecule has 1 amide bonds. The van der Waals surface area contributed by atoms with Crippen LogP contribution in [0.3, 0.4) is 0 Å². The Kier molecular flexibility index (Phi) is 3.20. The highest BCUT2D eigenvalue weighted by Gasteiger charge is 2.22. The molecule has 0 spiro atoms. The van der Waals surface area contributed by atoms with E-state index in [1.807, 2.05) is 13.1 Å². The van der Waals surface area contributed by atoms with Crippen molar-refractivity contribution in [3.05, 3.63) is 29.0 Å². The van der Waals surface area contributed by atoms with Crippen molar-refractivity contribution in [2.45, 2.75) is 25.4 Å². The molecular weight excluding hydrogens is 262 g/mol. The van der Waals surface area contributed by atoms with Gasteiger partial charge in [-0.05, 0) is 18.9 Å². The fourth-order valence-corrected chi connectivity index (χ4v) is 2.49. The second-order valence-electron chi connectivity index (χ2n) is 4.58. The summed E-state index contributed by atoms with van der Waals surface area (Å²) in [7, 11) is 1.85. The molecule has 7 heteroatoms. The average Bonchev–Trinajstić information content (AvgIpc) is 2.92. The summed E-state index contributed by atoms with van der Waals surface area (Å²) >= 11 is 1.39. The molecule has 2 heterocycles. The lowest BCUT2D eigenvalue weighted by Crippen LogP contribution is -2.23. The third kappa shape index (κ3) is 2.93. The van der Waals surface area contributed by atoms with Gasteiger partial charge >= 0.3 is 0 Å². The summed E-state index contributed by atoms with van der Waals surface area (Å²) in [5.74, 6) is -0.0949. The number of anilines is 1. The van der Waals surface area contributed by atoms with Gasteiger partial charge < -0.3 is 10.6 Å². The number of hydrogen-bond acceptors (Lipinski definition) is 5. The van der Waals surface area contributed by atoms with Gasteiger partial charge in [-0.25, -0.2) is 4.98 Å². The third-order valence-corrected chi connectivity index (χ3v) is 3.91. The van der Waals surface area contributed by atoms with Gasteiger partial charge in [-0.2, -0.15) is 5.10 Å². The molecule has 0 aromatic carbocycles. The number of carbonyl (C=O) groups is 1. The minimum atomic E-state index is -0.0949. The minimum Gasteiger partial charge on any atom is -0.359 e. The second-order valence-corrected chi connectivity index (χ2v) is 5.61. The molecule has 1 aliphatic rings. The molecular formula is C12H15N5OS. The number of nitrogens with zero attached hydrogens (tertiary/aromatic N) is 3. The molecule has 2 N–H and O–H groups in total. The maximum atomic E-state index is 12.0. The van der Waals surface area contributed by atoms with Gasteiger partial charge in [0, 0.05) is 19.3 Å². The lowest BCUT2D eigenvalue weighted by atomic mass is 10.4. The zero-order valence-corrected chi connectivity index (χ0v) is 11.4. The summed E-state index contributed by atoms with van der Waals surface area (Å²) in [4.78, 5) is 16.8. The molecule has 2 aromatic rings. The van der Waals surface area contributed by atoms with Crippen LogP contribution in [0.2, 0.25) is 0 Å². The maximum absolute atomic E-state index is 12.0. The van der Waals surface area contributed by atoms with E-state index >= 15 is 0 Å². The van der Waals surface area contributed by atoms with Crippen LogP contribution in [0.4, 0.5) is 5.13 Å². The van der Waals surface area contributed by atoms with E-state index in [0.717, 1.165) is 10.8 Å². The van der Waals surface area contributed by atoms with Crippen LogP contribution in [0.1, 0.15) is 28.2 Å². The number of hydrogen-bond donors (Lipinski definition) is 2. The third-order valence-electron chi connectivity index (χ3n) is 2.99. The Morgan fingerprint density at radius 2 is 2.42 bits per heavy atom. The molecule has 6 nitrogen and oxygen atoms in total. The summed E-state index contributed by atoms with van der Waals surface area (Å²) in [5, 5.41) is 11.0. The fourth-order valence-electron chi connectivity index (χ4n) is 1.68. The summed E-state index contributed by atoms with van der Waals surface area (Å²) < 4.78 is 1.74. The molecule has 0 unspecified atom stereocenters. The van der Waals surface area contributed by atoms with Crippen molar-refractivity contribution < 1.29 is 4.79 Å². The largest absolute Gasteiger partial charge is 0.359 e. The molecule has 1 aliphatic carbocycles. The van der Waals surface area contributed by atoms with Crippen molar-refractivity contribution in [2.24, 2.45) is 7.05 Å². The van der Waals surface area contributed by atoms with Crippen molar-refractivity contribution in [2.75, 3.05) is 5.32 Å². The Balaban J connectivity index is 1.57. The van der Waals surface area contributed by atoms with E-state index in [-0.39, 0.29) is 5.91 Å². The van der Waals surface area contributed by atoms with E-state index in [4.69, 9.17) is 0 Å². The van der Waals surface area contributed by atoms with Crippen LogP contribution in [-0.4, -0.2) is 26.7 Å². The van der Waals surface area contributed by atoms with Crippen molar-refractivity contribution in [1.29, 1.82) is 0 Å². The SMILES string of the molecule is Cn1nccc1CNC(=O)c1cnc(NC2CC2)s1. The van der Waals surface area contributed by atoms with Gasteiger partial charge in [-0.1, -0.05) is 11.3 Å². The van der Waals surface area contributed by atoms with Crippen molar-refractivity contribution in [3.8, 4) is 0 Å². The zero-order chi connectivity index (χ0) is 13.2. The molecule has 0 saturated heterocycles. The number of amides is 1. The number of thiazole rings is 1. The summed E-state index contributed by atoms with van der Waals surface area (Å²) in [6, 6.07) is 2.43. The molecule has 1 saturated carbocycles.